The molecule has 0 radical (unpaired) electrons. The molecule has 35 heavy (non-hydrogen) atoms. The summed E-state index contributed by atoms with van der Waals surface area (Å²) in [6.45, 7) is 5.42. The van der Waals surface area contributed by atoms with Gasteiger partial charge in [0.05, 0.1) is 11.5 Å². The number of rotatable bonds is 3. The second kappa shape index (κ2) is 9.62. The topological polar surface area (TPSA) is 43.9 Å². The smallest absolute Gasteiger partial charge is 0.255 e. The lowest BCUT2D eigenvalue weighted by molar-refractivity contribution is -0.136. The molecule has 182 valence electrons. The molecule has 1 atom stereocenters. The fourth-order valence-corrected chi connectivity index (χ4v) is 6.57. The Balaban J connectivity index is 1.16. The molecule has 1 unspecified atom stereocenters. The van der Waals surface area contributed by atoms with E-state index in [1.165, 1.54) is 0 Å². The summed E-state index contributed by atoms with van der Waals surface area (Å²) in [4.78, 5) is 33.5. The highest BCUT2D eigenvalue weighted by atomic mass is 16.2. The first-order valence-electron chi connectivity index (χ1n) is 13.4. The standard InChI is InChI=1S/C30H35N3O2/c34-29(31-15-5-6-16-31)24-10-7-17-33(21-24)25-13-18-32(19-14-25)30(35)28-26-11-3-1-8-22(26)20-23-9-2-4-12-27(23)28/h1-4,8-9,11-12,20,24-25H,5-7,10,13-19,21H2. The second-order valence-corrected chi connectivity index (χ2v) is 10.6. The van der Waals surface area contributed by atoms with Crippen molar-refractivity contribution in [2.24, 2.45) is 5.92 Å². The highest BCUT2D eigenvalue weighted by Gasteiger charge is 2.35. The number of nitrogens with zero attached hydrogens (tertiary/aromatic N) is 3. The quantitative estimate of drug-likeness (QED) is 0.511. The molecule has 0 saturated carbocycles. The summed E-state index contributed by atoms with van der Waals surface area (Å²) in [6.07, 6.45) is 6.40. The van der Waals surface area contributed by atoms with Crippen molar-refractivity contribution in [1.29, 1.82) is 0 Å². The lowest BCUT2D eigenvalue weighted by atomic mass is 9.92. The van der Waals surface area contributed by atoms with E-state index in [9.17, 15) is 9.59 Å². The van der Waals surface area contributed by atoms with Gasteiger partial charge >= 0.3 is 0 Å². The predicted octanol–water partition coefficient (Wildman–Crippen LogP) is 4.93. The summed E-state index contributed by atoms with van der Waals surface area (Å²) in [5.74, 6) is 0.684. The average molecular weight is 470 g/mol. The third-order valence-electron chi connectivity index (χ3n) is 8.47. The summed E-state index contributed by atoms with van der Waals surface area (Å²) < 4.78 is 0. The molecule has 3 saturated heterocycles. The maximum atomic E-state index is 13.9. The zero-order chi connectivity index (χ0) is 23.8. The van der Waals surface area contributed by atoms with Gasteiger partial charge in [-0.15, -0.1) is 0 Å². The minimum atomic E-state index is 0.150. The van der Waals surface area contributed by atoms with Crippen LogP contribution in [-0.4, -0.2) is 71.8 Å². The van der Waals surface area contributed by atoms with Crippen molar-refractivity contribution < 1.29 is 9.59 Å². The minimum absolute atomic E-state index is 0.150. The van der Waals surface area contributed by atoms with Gasteiger partial charge in [-0.25, -0.2) is 0 Å². The van der Waals surface area contributed by atoms with Gasteiger partial charge in [0.2, 0.25) is 5.91 Å². The summed E-state index contributed by atoms with van der Waals surface area (Å²) in [6, 6.07) is 19.1. The maximum absolute atomic E-state index is 13.9. The van der Waals surface area contributed by atoms with Crippen LogP contribution in [-0.2, 0) is 4.79 Å². The van der Waals surface area contributed by atoms with Gasteiger partial charge in [0.1, 0.15) is 0 Å². The first kappa shape index (κ1) is 22.5. The zero-order valence-corrected chi connectivity index (χ0v) is 20.5. The highest BCUT2D eigenvalue weighted by Crippen LogP contribution is 2.31. The third kappa shape index (κ3) is 4.31. The van der Waals surface area contributed by atoms with E-state index in [0.717, 1.165) is 105 Å². The minimum Gasteiger partial charge on any atom is -0.342 e. The van der Waals surface area contributed by atoms with E-state index in [4.69, 9.17) is 0 Å². The molecule has 3 aromatic rings. The fraction of sp³-hybridized carbons (Fsp3) is 0.467. The monoisotopic (exact) mass is 469 g/mol. The van der Waals surface area contributed by atoms with Crippen LogP contribution >= 0.6 is 0 Å². The van der Waals surface area contributed by atoms with Crippen molar-refractivity contribution in [2.45, 2.75) is 44.6 Å². The van der Waals surface area contributed by atoms with Crippen LogP contribution < -0.4 is 0 Å². The Morgan fingerprint density at radius 1 is 0.686 bits per heavy atom. The number of hydrogen-bond donors (Lipinski definition) is 0. The van der Waals surface area contributed by atoms with Crippen LogP contribution in [0.4, 0.5) is 0 Å². The van der Waals surface area contributed by atoms with Gasteiger partial charge in [0.25, 0.3) is 5.91 Å². The molecule has 0 spiro atoms. The summed E-state index contributed by atoms with van der Waals surface area (Å²) in [7, 11) is 0. The van der Waals surface area contributed by atoms with E-state index in [0.29, 0.717) is 11.9 Å². The van der Waals surface area contributed by atoms with Crippen LogP contribution in [0.15, 0.2) is 54.6 Å². The summed E-state index contributed by atoms with van der Waals surface area (Å²) >= 11 is 0. The van der Waals surface area contributed by atoms with Crippen molar-refractivity contribution in [1.82, 2.24) is 14.7 Å². The second-order valence-electron chi connectivity index (χ2n) is 10.6. The van der Waals surface area contributed by atoms with Crippen LogP contribution in [0.1, 0.15) is 48.9 Å². The number of carbonyl (C=O) groups excluding carboxylic acids is 2. The SMILES string of the molecule is O=C(c1c2ccccc2cc2ccccc12)N1CCC(N2CCCC(C(=O)N3CCCC3)C2)CC1. The Kier molecular flexibility index (Phi) is 6.19. The molecule has 3 fully saturated rings. The largest absolute Gasteiger partial charge is 0.342 e. The maximum Gasteiger partial charge on any atom is 0.255 e. The normalized spacial score (nSPS) is 22.2. The van der Waals surface area contributed by atoms with Crippen LogP contribution in [0.3, 0.4) is 0 Å². The van der Waals surface area contributed by atoms with Crippen LogP contribution in [0.5, 0.6) is 0 Å². The molecule has 3 aliphatic heterocycles. The molecule has 5 heteroatoms. The van der Waals surface area contributed by atoms with E-state index in [1.807, 2.05) is 24.3 Å². The van der Waals surface area contributed by atoms with Crippen molar-refractivity contribution in [3.05, 3.63) is 60.2 Å². The van der Waals surface area contributed by atoms with Gasteiger partial charge in [-0.3, -0.25) is 14.5 Å². The van der Waals surface area contributed by atoms with Crippen LogP contribution in [0.2, 0.25) is 0 Å². The van der Waals surface area contributed by atoms with E-state index < -0.39 is 0 Å². The first-order valence-corrected chi connectivity index (χ1v) is 13.4. The molecule has 0 aromatic heterocycles. The van der Waals surface area contributed by atoms with Crippen molar-refractivity contribution in [3.8, 4) is 0 Å². The Morgan fingerprint density at radius 3 is 1.97 bits per heavy atom. The molecule has 0 N–H and O–H groups in total. The molecule has 5 nitrogen and oxygen atoms in total. The number of hydrogen-bond acceptors (Lipinski definition) is 3. The number of carbonyl (C=O) groups is 2. The molecule has 6 rings (SSSR count). The van der Waals surface area contributed by atoms with Crippen molar-refractivity contribution in [3.63, 3.8) is 0 Å². The van der Waals surface area contributed by atoms with Crippen molar-refractivity contribution >= 4 is 33.4 Å². The van der Waals surface area contributed by atoms with Gasteiger partial charge in [-0.2, -0.15) is 0 Å². The number of amides is 2. The van der Waals surface area contributed by atoms with E-state index in [2.05, 4.69) is 45.0 Å². The molecular formula is C30H35N3O2. The lowest BCUT2D eigenvalue weighted by Gasteiger charge is -2.42. The Morgan fingerprint density at radius 2 is 1.31 bits per heavy atom. The average Bonchev–Trinajstić information content (AvgIpc) is 3.46. The molecule has 2 amide bonds. The van der Waals surface area contributed by atoms with Crippen molar-refractivity contribution in [2.75, 3.05) is 39.3 Å². The number of piperidine rings is 2. The molecule has 3 aliphatic rings. The Bertz CT molecular complexity index is 1190. The van der Waals surface area contributed by atoms with Gasteiger partial charge in [0, 0.05) is 38.8 Å². The number of likely N-dealkylation sites (tertiary alicyclic amines) is 3. The third-order valence-corrected chi connectivity index (χ3v) is 8.47. The van der Waals surface area contributed by atoms with Crippen LogP contribution in [0.25, 0.3) is 21.5 Å². The van der Waals surface area contributed by atoms with Gasteiger partial charge in [-0.1, -0.05) is 48.5 Å². The van der Waals surface area contributed by atoms with E-state index in [-0.39, 0.29) is 11.8 Å². The van der Waals surface area contributed by atoms with Gasteiger partial charge in [0.15, 0.2) is 0 Å². The fourth-order valence-electron chi connectivity index (χ4n) is 6.57. The molecule has 0 bridgehead atoms. The Labute approximate surface area is 207 Å². The van der Waals surface area contributed by atoms with Crippen LogP contribution in [0, 0.1) is 5.92 Å². The van der Waals surface area contributed by atoms with Gasteiger partial charge < -0.3 is 9.80 Å². The summed E-state index contributed by atoms with van der Waals surface area (Å²) in [5, 5.41) is 4.31. The molecule has 3 aromatic carbocycles. The molecule has 0 aliphatic carbocycles. The summed E-state index contributed by atoms with van der Waals surface area (Å²) in [5.41, 5.74) is 0.839. The lowest BCUT2D eigenvalue weighted by Crippen LogP contribution is -2.51. The van der Waals surface area contributed by atoms with E-state index >= 15 is 0 Å². The highest BCUT2D eigenvalue weighted by molar-refractivity contribution is 6.18. The Hall–Kier alpha value is -2.92. The number of fused-ring (bicyclic) bond motifs is 2. The molecule has 3 heterocycles. The number of benzene rings is 3. The van der Waals surface area contributed by atoms with E-state index in [1.54, 1.807) is 0 Å². The van der Waals surface area contributed by atoms with Gasteiger partial charge in [-0.05, 0) is 72.7 Å². The first-order chi connectivity index (χ1) is 17.2. The zero-order valence-electron chi connectivity index (χ0n) is 20.5. The molecular weight excluding hydrogens is 434 g/mol. The predicted molar refractivity (Wildman–Crippen MR) is 140 cm³/mol.